The van der Waals surface area contributed by atoms with Gasteiger partial charge in [0.05, 0.1) is 6.10 Å². The van der Waals surface area contributed by atoms with Crippen LogP contribution in [-0.4, -0.2) is 30.3 Å². The molecule has 2 amide bonds. The molecule has 4 heteroatoms. The molecule has 1 aliphatic carbocycles. The van der Waals surface area contributed by atoms with Crippen LogP contribution in [0, 0.1) is 5.41 Å². The number of carbonyl (C=O) groups is 1. The van der Waals surface area contributed by atoms with E-state index in [-0.39, 0.29) is 12.1 Å². The Kier molecular flexibility index (Phi) is 4.39. The average molecular weight is 214 g/mol. The fraction of sp³-hybridized carbons (Fsp3) is 0.909. The molecule has 1 rings (SSSR count). The summed E-state index contributed by atoms with van der Waals surface area (Å²) in [6.45, 7) is 5.20. The molecule has 0 heterocycles. The lowest BCUT2D eigenvalue weighted by molar-refractivity contribution is 0.183. The Balaban J connectivity index is 2.04. The van der Waals surface area contributed by atoms with E-state index in [0.717, 1.165) is 13.0 Å². The van der Waals surface area contributed by atoms with E-state index in [0.29, 0.717) is 18.4 Å². The van der Waals surface area contributed by atoms with E-state index in [1.165, 1.54) is 12.8 Å². The molecule has 1 unspecified atom stereocenters. The number of rotatable bonds is 6. The van der Waals surface area contributed by atoms with Crippen LogP contribution in [-0.2, 0) is 0 Å². The molecule has 1 saturated carbocycles. The van der Waals surface area contributed by atoms with Gasteiger partial charge < -0.3 is 15.7 Å². The van der Waals surface area contributed by atoms with Gasteiger partial charge in [-0.25, -0.2) is 4.79 Å². The average Bonchev–Trinajstić information content (AvgIpc) is 2.95. The summed E-state index contributed by atoms with van der Waals surface area (Å²) in [5.41, 5.74) is 0.390. The van der Waals surface area contributed by atoms with Gasteiger partial charge in [-0.3, -0.25) is 0 Å². The highest BCUT2D eigenvalue weighted by Crippen LogP contribution is 2.47. The van der Waals surface area contributed by atoms with Crippen LogP contribution in [0.2, 0.25) is 0 Å². The summed E-state index contributed by atoms with van der Waals surface area (Å²) in [4.78, 5) is 11.3. The molecule has 1 fully saturated rings. The first kappa shape index (κ1) is 12.3. The highest BCUT2D eigenvalue weighted by molar-refractivity contribution is 5.73. The number of hydrogen-bond acceptors (Lipinski definition) is 2. The van der Waals surface area contributed by atoms with Crippen molar-refractivity contribution >= 4 is 6.03 Å². The van der Waals surface area contributed by atoms with Crippen LogP contribution >= 0.6 is 0 Å². The Hall–Kier alpha value is -0.770. The standard InChI is InChI=1S/C11H22N2O2/c1-3-11(5-6-11)8-13-10(15)12-7-4-9(2)14/h9,14H,3-8H2,1-2H3,(H2,12,13,15). The fourth-order valence-corrected chi connectivity index (χ4v) is 1.56. The Morgan fingerprint density at radius 1 is 1.47 bits per heavy atom. The van der Waals surface area contributed by atoms with Gasteiger partial charge in [0.15, 0.2) is 0 Å². The van der Waals surface area contributed by atoms with E-state index in [1.54, 1.807) is 6.92 Å². The first-order valence-electron chi connectivity index (χ1n) is 5.78. The van der Waals surface area contributed by atoms with Crippen molar-refractivity contribution in [3.8, 4) is 0 Å². The number of nitrogens with one attached hydrogen (secondary N) is 2. The van der Waals surface area contributed by atoms with Gasteiger partial charge in [0.2, 0.25) is 0 Å². The molecule has 0 aromatic carbocycles. The Morgan fingerprint density at radius 3 is 2.60 bits per heavy atom. The molecule has 1 aliphatic rings. The lowest BCUT2D eigenvalue weighted by Crippen LogP contribution is -2.39. The lowest BCUT2D eigenvalue weighted by atomic mass is 10.0. The highest BCUT2D eigenvalue weighted by Gasteiger charge is 2.40. The van der Waals surface area contributed by atoms with E-state index in [2.05, 4.69) is 17.6 Å². The number of carbonyl (C=O) groups excluding carboxylic acids is 1. The Morgan fingerprint density at radius 2 is 2.13 bits per heavy atom. The quantitative estimate of drug-likeness (QED) is 0.623. The number of hydrogen-bond donors (Lipinski definition) is 3. The maximum atomic E-state index is 11.3. The normalized spacial score (nSPS) is 19.4. The molecule has 3 N–H and O–H groups in total. The second kappa shape index (κ2) is 5.35. The van der Waals surface area contributed by atoms with Crippen LogP contribution in [0.4, 0.5) is 4.79 Å². The summed E-state index contributed by atoms with van der Waals surface area (Å²) < 4.78 is 0. The zero-order valence-corrected chi connectivity index (χ0v) is 9.68. The maximum absolute atomic E-state index is 11.3. The van der Waals surface area contributed by atoms with E-state index in [4.69, 9.17) is 5.11 Å². The van der Waals surface area contributed by atoms with Crippen LogP contribution in [0.25, 0.3) is 0 Å². The first-order valence-corrected chi connectivity index (χ1v) is 5.78. The molecule has 88 valence electrons. The fourth-order valence-electron chi connectivity index (χ4n) is 1.56. The van der Waals surface area contributed by atoms with Gasteiger partial charge in [0.1, 0.15) is 0 Å². The molecule has 0 spiro atoms. The second-order valence-corrected chi connectivity index (χ2v) is 4.60. The SMILES string of the molecule is CCC1(CNC(=O)NCCC(C)O)CC1. The predicted octanol–water partition coefficient (Wildman–Crippen LogP) is 1.25. The molecule has 0 saturated heterocycles. The van der Waals surface area contributed by atoms with Gasteiger partial charge in [-0.2, -0.15) is 0 Å². The van der Waals surface area contributed by atoms with E-state index >= 15 is 0 Å². The molecule has 1 atom stereocenters. The molecule has 0 aliphatic heterocycles. The van der Waals surface area contributed by atoms with Crippen LogP contribution in [0.1, 0.15) is 39.5 Å². The minimum absolute atomic E-state index is 0.115. The summed E-state index contributed by atoms with van der Waals surface area (Å²) in [6, 6.07) is -0.115. The van der Waals surface area contributed by atoms with Gasteiger partial charge in [0, 0.05) is 13.1 Å². The molecule has 0 aromatic heterocycles. The topological polar surface area (TPSA) is 61.4 Å². The Labute approximate surface area is 91.4 Å². The van der Waals surface area contributed by atoms with Crippen molar-refractivity contribution in [1.29, 1.82) is 0 Å². The predicted molar refractivity (Wildman–Crippen MR) is 59.7 cm³/mol. The third kappa shape index (κ3) is 4.51. The number of urea groups is 1. The van der Waals surface area contributed by atoms with Crippen molar-refractivity contribution in [2.24, 2.45) is 5.41 Å². The van der Waals surface area contributed by atoms with Gasteiger partial charge >= 0.3 is 6.03 Å². The third-order valence-electron chi connectivity index (χ3n) is 3.18. The lowest BCUT2D eigenvalue weighted by Gasteiger charge is -2.14. The van der Waals surface area contributed by atoms with Gasteiger partial charge in [-0.15, -0.1) is 0 Å². The van der Waals surface area contributed by atoms with Crippen molar-refractivity contribution in [3.05, 3.63) is 0 Å². The number of amides is 2. The molecular formula is C11H22N2O2. The molecule has 0 aromatic rings. The van der Waals surface area contributed by atoms with Gasteiger partial charge in [-0.1, -0.05) is 6.92 Å². The van der Waals surface area contributed by atoms with Crippen LogP contribution in [0.3, 0.4) is 0 Å². The molecular weight excluding hydrogens is 192 g/mol. The number of aliphatic hydroxyl groups excluding tert-OH is 1. The van der Waals surface area contributed by atoms with Crippen LogP contribution in [0.15, 0.2) is 0 Å². The van der Waals surface area contributed by atoms with Crippen molar-refractivity contribution < 1.29 is 9.90 Å². The molecule has 4 nitrogen and oxygen atoms in total. The summed E-state index contributed by atoms with van der Waals surface area (Å²) >= 11 is 0. The minimum atomic E-state index is -0.351. The molecule has 0 bridgehead atoms. The summed E-state index contributed by atoms with van der Waals surface area (Å²) in [5, 5.41) is 14.6. The summed E-state index contributed by atoms with van der Waals surface area (Å²) in [7, 11) is 0. The van der Waals surface area contributed by atoms with E-state index < -0.39 is 0 Å². The van der Waals surface area contributed by atoms with Crippen LogP contribution < -0.4 is 10.6 Å². The second-order valence-electron chi connectivity index (χ2n) is 4.60. The third-order valence-corrected chi connectivity index (χ3v) is 3.18. The highest BCUT2D eigenvalue weighted by atomic mass is 16.3. The van der Waals surface area contributed by atoms with E-state index in [1.807, 2.05) is 0 Å². The van der Waals surface area contributed by atoms with Crippen molar-refractivity contribution in [2.75, 3.05) is 13.1 Å². The zero-order valence-electron chi connectivity index (χ0n) is 9.68. The monoisotopic (exact) mass is 214 g/mol. The maximum Gasteiger partial charge on any atom is 0.314 e. The van der Waals surface area contributed by atoms with Crippen molar-refractivity contribution in [1.82, 2.24) is 10.6 Å². The summed E-state index contributed by atoms with van der Waals surface area (Å²) in [5.74, 6) is 0. The van der Waals surface area contributed by atoms with E-state index in [9.17, 15) is 4.79 Å². The zero-order chi connectivity index (χ0) is 11.3. The van der Waals surface area contributed by atoms with Gasteiger partial charge in [-0.05, 0) is 38.0 Å². The smallest absolute Gasteiger partial charge is 0.314 e. The minimum Gasteiger partial charge on any atom is -0.393 e. The number of aliphatic hydroxyl groups is 1. The molecule has 0 radical (unpaired) electrons. The molecule has 15 heavy (non-hydrogen) atoms. The van der Waals surface area contributed by atoms with Crippen molar-refractivity contribution in [2.45, 2.75) is 45.6 Å². The van der Waals surface area contributed by atoms with Gasteiger partial charge in [0.25, 0.3) is 0 Å². The first-order chi connectivity index (χ1) is 7.08. The van der Waals surface area contributed by atoms with Crippen molar-refractivity contribution in [3.63, 3.8) is 0 Å². The summed E-state index contributed by atoms with van der Waals surface area (Å²) in [6.07, 6.45) is 3.86. The van der Waals surface area contributed by atoms with Crippen LogP contribution in [0.5, 0.6) is 0 Å². The largest absolute Gasteiger partial charge is 0.393 e. The Bertz CT molecular complexity index is 213.